The Morgan fingerprint density at radius 1 is 1.56 bits per heavy atom. The number of nitrogens with two attached hydrogens (primary N) is 1. The highest BCUT2D eigenvalue weighted by Crippen LogP contribution is 2.25. The summed E-state index contributed by atoms with van der Waals surface area (Å²) < 4.78 is 18.6. The molecule has 0 radical (unpaired) electrons. The first-order valence-corrected chi connectivity index (χ1v) is 5.47. The van der Waals surface area contributed by atoms with Crippen LogP contribution in [0.25, 0.3) is 0 Å². The first-order chi connectivity index (χ1) is 7.70. The molecule has 0 aromatic heterocycles. The van der Waals surface area contributed by atoms with Gasteiger partial charge < -0.3 is 4.74 Å². The summed E-state index contributed by atoms with van der Waals surface area (Å²) in [6, 6.07) is 4.66. The monoisotopic (exact) mass is 246 g/mol. The van der Waals surface area contributed by atoms with Crippen molar-refractivity contribution in [3.8, 4) is 0 Å². The zero-order valence-corrected chi connectivity index (χ0v) is 9.93. The van der Waals surface area contributed by atoms with Crippen molar-refractivity contribution in [2.24, 2.45) is 5.84 Å². The van der Waals surface area contributed by atoms with Crippen molar-refractivity contribution in [1.29, 1.82) is 0 Å². The van der Waals surface area contributed by atoms with Crippen LogP contribution in [-0.4, -0.2) is 13.7 Å². The molecule has 0 aliphatic carbocycles. The standard InChI is InChI=1S/C11H16ClFN2O/c1-16-7-3-6-10(15-14)8-4-2-5-9(12)11(8)13/h2,4-5,10,15H,3,6-7,14H2,1H3. The fourth-order valence-electron chi connectivity index (χ4n) is 1.55. The van der Waals surface area contributed by atoms with Crippen LogP contribution in [-0.2, 0) is 4.74 Å². The molecular formula is C11H16ClFN2O. The predicted molar refractivity (Wildman–Crippen MR) is 62.6 cm³/mol. The van der Waals surface area contributed by atoms with Crippen LogP contribution < -0.4 is 11.3 Å². The van der Waals surface area contributed by atoms with E-state index in [9.17, 15) is 4.39 Å². The van der Waals surface area contributed by atoms with Crippen LogP contribution in [0.2, 0.25) is 5.02 Å². The van der Waals surface area contributed by atoms with E-state index in [-0.39, 0.29) is 11.1 Å². The highest BCUT2D eigenvalue weighted by Gasteiger charge is 2.15. The van der Waals surface area contributed by atoms with E-state index in [0.717, 1.165) is 6.42 Å². The Morgan fingerprint density at radius 2 is 2.31 bits per heavy atom. The summed E-state index contributed by atoms with van der Waals surface area (Å²) in [7, 11) is 1.63. The molecule has 90 valence electrons. The maximum atomic E-state index is 13.7. The second-order valence-electron chi connectivity index (χ2n) is 3.50. The highest BCUT2D eigenvalue weighted by molar-refractivity contribution is 6.30. The van der Waals surface area contributed by atoms with Gasteiger partial charge >= 0.3 is 0 Å². The fraction of sp³-hybridized carbons (Fsp3) is 0.455. The molecule has 0 fully saturated rings. The molecule has 0 aliphatic heterocycles. The Hall–Kier alpha value is -0.680. The molecule has 16 heavy (non-hydrogen) atoms. The molecule has 5 heteroatoms. The van der Waals surface area contributed by atoms with Gasteiger partial charge in [0, 0.05) is 25.3 Å². The zero-order valence-electron chi connectivity index (χ0n) is 9.17. The van der Waals surface area contributed by atoms with E-state index < -0.39 is 5.82 Å². The highest BCUT2D eigenvalue weighted by atomic mass is 35.5. The molecule has 1 atom stereocenters. The smallest absolute Gasteiger partial charge is 0.146 e. The molecule has 0 aliphatic rings. The third kappa shape index (κ3) is 3.42. The molecule has 1 unspecified atom stereocenters. The van der Waals surface area contributed by atoms with Gasteiger partial charge in [0.2, 0.25) is 0 Å². The molecule has 1 rings (SSSR count). The van der Waals surface area contributed by atoms with Gasteiger partial charge in [-0.1, -0.05) is 23.7 Å². The van der Waals surface area contributed by atoms with Gasteiger partial charge in [0.1, 0.15) is 5.82 Å². The molecular weight excluding hydrogens is 231 g/mol. The Labute approximate surface area is 99.7 Å². The predicted octanol–water partition coefficient (Wildman–Crippen LogP) is 2.41. The van der Waals surface area contributed by atoms with Crippen molar-refractivity contribution in [2.45, 2.75) is 18.9 Å². The minimum absolute atomic E-state index is 0.115. The van der Waals surface area contributed by atoms with E-state index in [1.807, 2.05) is 0 Å². The van der Waals surface area contributed by atoms with Crippen molar-refractivity contribution in [3.05, 3.63) is 34.6 Å². The third-order valence-corrected chi connectivity index (χ3v) is 2.69. The van der Waals surface area contributed by atoms with Crippen LogP contribution in [0.15, 0.2) is 18.2 Å². The molecule has 0 spiro atoms. The topological polar surface area (TPSA) is 47.3 Å². The van der Waals surface area contributed by atoms with Gasteiger partial charge in [0.05, 0.1) is 5.02 Å². The third-order valence-electron chi connectivity index (χ3n) is 2.40. The number of ether oxygens (including phenoxy) is 1. The first-order valence-electron chi connectivity index (χ1n) is 5.09. The number of halogens is 2. The average molecular weight is 247 g/mol. The summed E-state index contributed by atoms with van der Waals surface area (Å²) in [4.78, 5) is 0. The number of methoxy groups -OCH3 is 1. The molecule has 0 amide bonds. The van der Waals surface area contributed by atoms with Gasteiger partial charge in [0.15, 0.2) is 0 Å². The molecule has 1 aromatic carbocycles. The Balaban J connectivity index is 2.74. The van der Waals surface area contributed by atoms with E-state index in [4.69, 9.17) is 22.2 Å². The van der Waals surface area contributed by atoms with Crippen molar-refractivity contribution < 1.29 is 9.13 Å². The summed E-state index contributed by atoms with van der Waals surface area (Å²) in [6.07, 6.45) is 1.50. The molecule has 0 bridgehead atoms. The lowest BCUT2D eigenvalue weighted by Crippen LogP contribution is -2.29. The summed E-state index contributed by atoms with van der Waals surface area (Å²) in [5.74, 6) is 4.99. The van der Waals surface area contributed by atoms with Crippen LogP contribution >= 0.6 is 11.6 Å². The van der Waals surface area contributed by atoms with Crippen molar-refractivity contribution in [1.82, 2.24) is 5.43 Å². The average Bonchev–Trinajstić information content (AvgIpc) is 2.29. The molecule has 0 heterocycles. The number of hydrogen-bond donors (Lipinski definition) is 2. The van der Waals surface area contributed by atoms with Crippen LogP contribution in [0.4, 0.5) is 4.39 Å². The van der Waals surface area contributed by atoms with Crippen molar-refractivity contribution >= 4 is 11.6 Å². The van der Waals surface area contributed by atoms with Crippen molar-refractivity contribution in [3.63, 3.8) is 0 Å². The number of hydrazine groups is 1. The molecule has 0 saturated heterocycles. The van der Waals surface area contributed by atoms with Gasteiger partial charge in [-0.3, -0.25) is 11.3 Å². The number of hydrogen-bond acceptors (Lipinski definition) is 3. The second kappa shape index (κ2) is 6.81. The zero-order chi connectivity index (χ0) is 12.0. The lowest BCUT2D eigenvalue weighted by molar-refractivity contribution is 0.188. The minimum Gasteiger partial charge on any atom is -0.385 e. The van der Waals surface area contributed by atoms with Gasteiger partial charge in [-0.2, -0.15) is 0 Å². The SMILES string of the molecule is COCCCC(NN)c1cccc(Cl)c1F. The molecule has 3 nitrogen and oxygen atoms in total. The molecule has 1 aromatic rings. The van der Waals surface area contributed by atoms with Crippen LogP contribution in [0.5, 0.6) is 0 Å². The lowest BCUT2D eigenvalue weighted by Gasteiger charge is -2.17. The van der Waals surface area contributed by atoms with Gasteiger partial charge in [-0.25, -0.2) is 4.39 Å². The Kier molecular flexibility index (Phi) is 5.69. The van der Waals surface area contributed by atoms with Gasteiger partial charge in [-0.15, -0.1) is 0 Å². The summed E-state index contributed by atoms with van der Waals surface area (Å²) in [5.41, 5.74) is 3.08. The van der Waals surface area contributed by atoms with Gasteiger partial charge in [0.25, 0.3) is 0 Å². The maximum absolute atomic E-state index is 13.7. The normalized spacial score (nSPS) is 12.8. The van der Waals surface area contributed by atoms with Crippen LogP contribution in [0, 0.1) is 5.82 Å². The number of nitrogens with one attached hydrogen (secondary N) is 1. The minimum atomic E-state index is -0.412. The van der Waals surface area contributed by atoms with Crippen LogP contribution in [0.3, 0.4) is 0 Å². The van der Waals surface area contributed by atoms with E-state index in [2.05, 4.69) is 5.43 Å². The van der Waals surface area contributed by atoms with E-state index in [0.29, 0.717) is 18.6 Å². The maximum Gasteiger partial charge on any atom is 0.146 e. The summed E-state index contributed by atoms with van der Waals surface area (Å²) >= 11 is 5.71. The lowest BCUT2D eigenvalue weighted by atomic mass is 10.0. The Bertz CT molecular complexity index is 336. The summed E-state index contributed by atoms with van der Waals surface area (Å²) in [5, 5.41) is 0.115. The molecule has 0 saturated carbocycles. The van der Waals surface area contributed by atoms with Crippen LogP contribution in [0.1, 0.15) is 24.4 Å². The summed E-state index contributed by atoms with van der Waals surface area (Å²) in [6.45, 7) is 0.625. The second-order valence-corrected chi connectivity index (χ2v) is 3.90. The quantitative estimate of drug-likeness (QED) is 0.460. The van der Waals surface area contributed by atoms with E-state index in [1.54, 1.807) is 19.2 Å². The first kappa shape index (κ1) is 13.4. The largest absolute Gasteiger partial charge is 0.385 e. The molecule has 3 N–H and O–H groups in total. The number of benzene rings is 1. The fourth-order valence-corrected chi connectivity index (χ4v) is 1.73. The van der Waals surface area contributed by atoms with Crippen molar-refractivity contribution in [2.75, 3.05) is 13.7 Å². The Morgan fingerprint density at radius 3 is 2.94 bits per heavy atom. The van der Waals surface area contributed by atoms with E-state index >= 15 is 0 Å². The number of rotatable bonds is 6. The van der Waals surface area contributed by atoms with E-state index in [1.165, 1.54) is 6.07 Å². The van der Waals surface area contributed by atoms with Gasteiger partial charge in [-0.05, 0) is 18.9 Å².